The van der Waals surface area contributed by atoms with Gasteiger partial charge in [-0.05, 0) is 36.4 Å². The van der Waals surface area contributed by atoms with Crippen LogP contribution in [0.2, 0.25) is 0 Å². The van der Waals surface area contributed by atoms with E-state index < -0.39 is 5.82 Å². The number of hydrogen-bond acceptors (Lipinski definition) is 3. The van der Waals surface area contributed by atoms with E-state index in [9.17, 15) is 9.18 Å². The monoisotopic (exact) mass is 320 g/mol. The van der Waals surface area contributed by atoms with Crippen LogP contribution in [0, 0.1) is 17.1 Å². The van der Waals surface area contributed by atoms with Crippen molar-refractivity contribution in [3.63, 3.8) is 0 Å². The van der Waals surface area contributed by atoms with Gasteiger partial charge in [0.25, 0.3) is 5.91 Å². The van der Waals surface area contributed by atoms with Crippen LogP contribution in [0.5, 0.6) is 0 Å². The Morgan fingerprint density at radius 2 is 2.00 bits per heavy atom. The summed E-state index contributed by atoms with van der Waals surface area (Å²) in [6, 6.07) is 16.5. The Morgan fingerprint density at radius 3 is 2.75 bits per heavy atom. The lowest BCUT2D eigenvalue weighted by atomic mass is 10.2. The first-order chi connectivity index (χ1) is 11.6. The van der Waals surface area contributed by atoms with Crippen molar-refractivity contribution in [3.05, 3.63) is 77.9 Å². The van der Waals surface area contributed by atoms with E-state index in [4.69, 9.17) is 5.26 Å². The van der Waals surface area contributed by atoms with E-state index in [-0.39, 0.29) is 17.3 Å². The quantitative estimate of drug-likeness (QED) is 0.745. The van der Waals surface area contributed by atoms with Crippen molar-refractivity contribution >= 4 is 11.6 Å². The molecule has 118 valence electrons. The Bertz CT molecular complexity index is 942. The first-order valence-corrected chi connectivity index (χ1v) is 7.19. The minimum atomic E-state index is -0.422. The van der Waals surface area contributed by atoms with Crippen LogP contribution in [0.3, 0.4) is 0 Å². The summed E-state index contributed by atoms with van der Waals surface area (Å²) in [5, 5.41) is 13.1. The van der Waals surface area contributed by atoms with Crippen molar-refractivity contribution in [1.82, 2.24) is 9.78 Å². The molecule has 0 unspecified atom stereocenters. The fraction of sp³-hybridized carbons (Fsp3) is 0.0556. The van der Waals surface area contributed by atoms with Crippen molar-refractivity contribution in [3.8, 4) is 11.8 Å². The minimum absolute atomic E-state index is 0.183. The molecule has 5 nitrogen and oxygen atoms in total. The molecule has 1 heterocycles. The molecule has 0 atom stereocenters. The van der Waals surface area contributed by atoms with Gasteiger partial charge in [-0.15, -0.1) is 0 Å². The number of anilines is 1. The summed E-state index contributed by atoms with van der Waals surface area (Å²) in [7, 11) is 1.60. The van der Waals surface area contributed by atoms with E-state index in [1.54, 1.807) is 49.5 Å². The number of carbonyl (C=O) groups is 1. The van der Waals surface area contributed by atoms with Gasteiger partial charge in [0.1, 0.15) is 11.5 Å². The molecule has 1 amide bonds. The van der Waals surface area contributed by atoms with Gasteiger partial charge < -0.3 is 4.90 Å². The topological polar surface area (TPSA) is 61.9 Å². The Labute approximate surface area is 138 Å². The Morgan fingerprint density at radius 1 is 1.21 bits per heavy atom. The van der Waals surface area contributed by atoms with Gasteiger partial charge in [0.05, 0.1) is 11.6 Å². The zero-order valence-electron chi connectivity index (χ0n) is 12.8. The predicted octanol–water partition coefficient (Wildman–Crippen LogP) is 3.16. The van der Waals surface area contributed by atoms with Crippen LogP contribution < -0.4 is 4.90 Å². The molecule has 6 heteroatoms. The molecular weight excluding hydrogens is 307 g/mol. The third-order valence-corrected chi connectivity index (χ3v) is 3.57. The maximum Gasteiger partial charge on any atom is 0.278 e. The molecule has 0 aliphatic carbocycles. The van der Waals surface area contributed by atoms with Crippen molar-refractivity contribution in [1.29, 1.82) is 5.26 Å². The number of carbonyl (C=O) groups excluding carboxylic acids is 1. The number of nitrogens with zero attached hydrogens (tertiary/aromatic N) is 4. The highest BCUT2D eigenvalue weighted by atomic mass is 19.1. The highest BCUT2D eigenvalue weighted by Gasteiger charge is 2.17. The van der Waals surface area contributed by atoms with Crippen LogP contribution in [0.25, 0.3) is 5.69 Å². The van der Waals surface area contributed by atoms with Gasteiger partial charge >= 0.3 is 0 Å². The molecule has 0 saturated carbocycles. The second-order valence-corrected chi connectivity index (χ2v) is 5.12. The largest absolute Gasteiger partial charge is 0.310 e. The van der Waals surface area contributed by atoms with E-state index in [1.165, 1.54) is 27.9 Å². The Balaban J connectivity index is 1.88. The van der Waals surface area contributed by atoms with E-state index in [1.807, 2.05) is 6.07 Å². The molecule has 24 heavy (non-hydrogen) atoms. The molecule has 0 spiro atoms. The Hall–Kier alpha value is -3.46. The molecule has 3 rings (SSSR count). The van der Waals surface area contributed by atoms with Crippen LogP contribution >= 0.6 is 0 Å². The van der Waals surface area contributed by atoms with Gasteiger partial charge in [-0.1, -0.05) is 18.2 Å². The zero-order chi connectivity index (χ0) is 17.1. The first-order valence-electron chi connectivity index (χ1n) is 7.19. The van der Waals surface area contributed by atoms with Crippen molar-refractivity contribution in [2.45, 2.75) is 0 Å². The van der Waals surface area contributed by atoms with E-state index >= 15 is 0 Å². The van der Waals surface area contributed by atoms with Crippen molar-refractivity contribution in [2.24, 2.45) is 0 Å². The Kier molecular flexibility index (Phi) is 4.08. The van der Waals surface area contributed by atoms with Crippen LogP contribution in [0.4, 0.5) is 10.1 Å². The third-order valence-electron chi connectivity index (χ3n) is 3.57. The van der Waals surface area contributed by atoms with Gasteiger partial charge in [0.15, 0.2) is 5.69 Å². The second-order valence-electron chi connectivity index (χ2n) is 5.12. The van der Waals surface area contributed by atoms with Gasteiger partial charge in [-0.25, -0.2) is 9.07 Å². The smallest absolute Gasteiger partial charge is 0.278 e. The number of amides is 1. The average molecular weight is 320 g/mol. The van der Waals surface area contributed by atoms with E-state index in [2.05, 4.69) is 5.10 Å². The molecule has 0 bridgehead atoms. The maximum absolute atomic E-state index is 13.8. The molecule has 2 aromatic carbocycles. The zero-order valence-corrected chi connectivity index (χ0v) is 12.8. The van der Waals surface area contributed by atoms with Gasteiger partial charge in [0, 0.05) is 18.9 Å². The van der Waals surface area contributed by atoms with Gasteiger partial charge in [0.2, 0.25) is 0 Å². The fourth-order valence-electron chi connectivity index (χ4n) is 2.28. The molecule has 0 radical (unpaired) electrons. The summed E-state index contributed by atoms with van der Waals surface area (Å²) in [6.45, 7) is 0. The summed E-state index contributed by atoms with van der Waals surface area (Å²) >= 11 is 0. The molecule has 0 fully saturated rings. The highest BCUT2D eigenvalue weighted by Crippen LogP contribution is 2.18. The molecule has 1 aromatic heterocycles. The fourth-order valence-corrected chi connectivity index (χ4v) is 2.28. The lowest BCUT2D eigenvalue weighted by Gasteiger charge is -2.16. The summed E-state index contributed by atoms with van der Waals surface area (Å²) in [6.07, 6.45) is 1.53. The van der Waals surface area contributed by atoms with E-state index in [0.29, 0.717) is 11.3 Å². The molecule has 0 N–H and O–H groups in total. The number of para-hydroxylation sites is 1. The van der Waals surface area contributed by atoms with E-state index in [0.717, 1.165) is 0 Å². The summed E-state index contributed by atoms with van der Waals surface area (Å²) < 4.78 is 15.1. The summed E-state index contributed by atoms with van der Waals surface area (Å²) in [5.41, 5.74) is 1.50. The molecule has 0 aliphatic rings. The molecule has 0 aliphatic heterocycles. The van der Waals surface area contributed by atoms with Crippen LogP contribution in [-0.2, 0) is 0 Å². The van der Waals surface area contributed by atoms with Crippen LogP contribution in [0.1, 0.15) is 16.1 Å². The van der Waals surface area contributed by atoms with Crippen molar-refractivity contribution in [2.75, 3.05) is 11.9 Å². The predicted molar refractivity (Wildman–Crippen MR) is 87.4 cm³/mol. The maximum atomic E-state index is 13.8. The van der Waals surface area contributed by atoms with Crippen LogP contribution in [0.15, 0.2) is 60.8 Å². The molecule has 0 saturated heterocycles. The van der Waals surface area contributed by atoms with Crippen molar-refractivity contribution < 1.29 is 9.18 Å². The molecule has 3 aromatic rings. The lowest BCUT2D eigenvalue weighted by Crippen LogP contribution is -2.26. The standard InChI is InChI=1S/C18H13FN4O/c1-22(14-6-4-5-13(11-14)12-20)18(24)16-9-10-23(21-16)17-8-3-2-7-15(17)19/h2-11H,1H3. The molecular formula is C18H13FN4O. The number of hydrogen-bond donors (Lipinski definition) is 0. The van der Waals surface area contributed by atoms with Gasteiger partial charge in [-0.2, -0.15) is 10.4 Å². The lowest BCUT2D eigenvalue weighted by molar-refractivity contribution is 0.0988. The SMILES string of the molecule is CN(C(=O)c1ccn(-c2ccccc2F)n1)c1cccc(C#N)c1. The summed E-state index contributed by atoms with van der Waals surface area (Å²) in [5.74, 6) is -0.769. The number of rotatable bonds is 3. The first kappa shape index (κ1) is 15.4. The second kappa shape index (κ2) is 6.34. The third kappa shape index (κ3) is 2.88. The number of halogens is 1. The summed E-state index contributed by atoms with van der Waals surface area (Å²) in [4.78, 5) is 13.9. The van der Waals surface area contributed by atoms with Gasteiger partial charge in [-0.3, -0.25) is 4.79 Å². The van der Waals surface area contributed by atoms with Crippen LogP contribution in [-0.4, -0.2) is 22.7 Å². The number of benzene rings is 2. The normalized spacial score (nSPS) is 10.2. The number of nitriles is 1. The number of aromatic nitrogens is 2. The highest BCUT2D eigenvalue weighted by molar-refractivity contribution is 6.04. The minimum Gasteiger partial charge on any atom is -0.310 e. The average Bonchev–Trinajstić information content (AvgIpc) is 3.10.